The summed E-state index contributed by atoms with van der Waals surface area (Å²) in [6, 6.07) is 8.70. The maximum absolute atomic E-state index is 13.5. The number of ketones is 1. The van der Waals surface area contributed by atoms with Crippen molar-refractivity contribution in [2.45, 2.75) is 58.3 Å². The predicted molar refractivity (Wildman–Crippen MR) is 102 cm³/mol. The van der Waals surface area contributed by atoms with Crippen LogP contribution < -0.4 is 0 Å². The zero-order valence-electron chi connectivity index (χ0n) is 15.7. The Morgan fingerprint density at radius 3 is 2.85 bits per heavy atom. The van der Waals surface area contributed by atoms with Crippen LogP contribution in [0.15, 0.2) is 29.3 Å². The van der Waals surface area contributed by atoms with Crippen molar-refractivity contribution >= 4 is 17.3 Å². The number of carbonyl (C=O) groups excluding carboxylic acids is 1. The minimum atomic E-state index is -0.300. The molecule has 134 valence electrons. The Labute approximate surface area is 154 Å². The highest BCUT2D eigenvalue weighted by Gasteiger charge is 2.57. The van der Waals surface area contributed by atoms with Crippen LogP contribution in [-0.2, 0) is 16.6 Å². The van der Waals surface area contributed by atoms with Crippen molar-refractivity contribution in [2.24, 2.45) is 16.3 Å². The number of nitrogens with one attached hydrogen (secondary N) is 1. The molecule has 1 spiro atoms. The van der Waals surface area contributed by atoms with E-state index < -0.39 is 0 Å². The minimum absolute atomic E-state index is 0.0232. The molecule has 5 rings (SSSR count). The van der Waals surface area contributed by atoms with Crippen LogP contribution in [0.5, 0.6) is 0 Å². The molecular weight excluding hydrogens is 322 g/mol. The summed E-state index contributed by atoms with van der Waals surface area (Å²) in [6.45, 7) is 6.43. The number of fused-ring (bicyclic) bond motifs is 6. The fraction of sp³-hybridized carbons (Fsp3) is 0.500. The second kappa shape index (κ2) is 5.15. The Balaban J connectivity index is 1.84. The molecule has 1 aliphatic heterocycles. The Hall–Kier alpha value is -2.23. The van der Waals surface area contributed by atoms with E-state index in [1.165, 1.54) is 11.1 Å². The summed E-state index contributed by atoms with van der Waals surface area (Å²) in [7, 11) is 0. The lowest BCUT2D eigenvalue weighted by Crippen LogP contribution is -2.53. The second-order valence-corrected chi connectivity index (χ2v) is 9.05. The van der Waals surface area contributed by atoms with Gasteiger partial charge >= 0.3 is 0 Å². The number of aliphatic imine (C=N–C) groups is 1. The first-order valence-corrected chi connectivity index (χ1v) is 9.66. The van der Waals surface area contributed by atoms with Gasteiger partial charge in [-0.05, 0) is 49.1 Å². The van der Waals surface area contributed by atoms with Gasteiger partial charge in [0.15, 0.2) is 5.82 Å². The Morgan fingerprint density at radius 1 is 1.19 bits per heavy atom. The summed E-state index contributed by atoms with van der Waals surface area (Å²) in [5.74, 6) is 1.01. The summed E-state index contributed by atoms with van der Waals surface area (Å²) < 4.78 is 0. The van der Waals surface area contributed by atoms with E-state index in [4.69, 9.17) is 4.99 Å². The molecule has 1 saturated carbocycles. The quantitative estimate of drug-likeness (QED) is 0.766. The summed E-state index contributed by atoms with van der Waals surface area (Å²) >= 11 is 0. The summed E-state index contributed by atoms with van der Waals surface area (Å²) in [5.41, 5.74) is 5.63. The molecule has 0 bridgehead atoms. The van der Waals surface area contributed by atoms with Gasteiger partial charge in [0.05, 0.1) is 5.92 Å². The third kappa shape index (κ3) is 1.99. The monoisotopic (exact) mass is 347 g/mol. The maximum Gasteiger partial charge on any atom is 0.177 e. The fourth-order valence-corrected chi connectivity index (χ4v) is 5.81. The number of aromatic nitrogens is 2. The fourth-order valence-electron chi connectivity index (χ4n) is 5.81. The molecule has 3 aliphatic rings. The molecular formula is C22H25N3O. The van der Waals surface area contributed by atoms with Crippen LogP contribution in [0.4, 0.5) is 5.82 Å². The van der Waals surface area contributed by atoms with E-state index in [9.17, 15) is 4.79 Å². The predicted octanol–water partition coefficient (Wildman–Crippen LogP) is 4.43. The number of nitrogens with zero attached hydrogens (tertiary/aromatic N) is 2. The summed E-state index contributed by atoms with van der Waals surface area (Å²) in [6.07, 6.45) is 4.68. The van der Waals surface area contributed by atoms with Crippen LogP contribution >= 0.6 is 0 Å². The third-order valence-corrected chi connectivity index (χ3v) is 6.60. The molecule has 1 aromatic heterocycles. The topological polar surface area (TPSA) is 58.1 Å². The van der Waals surface area contributed by atoms with Gasteiger partial charge in [-0.1, -0.05) is 38.1 Å². The number of benzene rings is 1. The van der Waals surface area contributed by atoms with E-state index in [2.05, 4.69) is 55.2 Å². The highest BCUT2D eigenvalue weighted by atomic mass is 16.1. The average molecular weight is 347 g/mol. The first-order chi connectivity index (χ1) is 12.4. The van der Waals surface area contributed by atoms with Gasteiger partial charge in [-0.15, -0.1) is 0 Å². The lowest BCUT2D eigenvalue weighted by atomic mass is 9.52. The van der Waals surface area contributed by atoms with Gasteiger partial charge in [0, 0.05) is 28.8 Å². The summed E-state index contributed by atoms with van der Waals surface area (Å²) in [4.78, 5) is 18.4. The molecule has 2 aromatic rings. The highest BCUT2D eigenvalue weighted by Crippen LogP contribution is 2.57. The molecule has 4 nitrogen and oxygen atoms in total. The first-order valence-electron chi connectivity index (χ1n) is 9.66. The number of hydrogen-bond acceptors (Lipinski definition) is 3. The Morgan fingerprint density at radius 2 is 2.00 bits per heavy atom. The van der Waals surface area contributed by atoms with Gasteiger partial charge in [-0.2, -0.15) is 5.10 Å². The molecule has 2 aliphatic carbocycles. The molecule has 0 saturated heterocycles. The number of H-pyrrole nitrogens is 1. The zero-order valence-corrected chi connectivity index (χ0v) is 15.7. The van der Waals surface area contributed by atoms with Crippen molar-refractivity contribution in [3.8, 4) is 0 Å². The van der Waals surface area contributed by atoms with E-state index >= 15 is 0 Å². The van der Waals surface area contributed by atoms with Crippen LogP contribution in [0.3, 0.4) is 0 Å². The van der Waals surface area contributed by atoms with E-state index in [1.54, 1.807) is 0 Å². The number of Topliss-reactive ketones (excluding diaryl/α,β-unsaturated/α-hetero) is 1. The number of rotatable bonds is 0. The lowest BCUT2D eigenvalue weighted by molar-refractivity contribution is -0.125. The lowest BCUT2D eigenvalue weighted by Gasteiger charge is -2.50. The molecule has 0 amide bonds. The molecule has 1 fully saturated rings. The third-order valence-electron chi connectivity index (χ3n) is 6.60. The van der Waals surface area contributed by atoms with Crippen LogP contribution in [0.2, 0.25) is 0 Å². The van der Waals surface area contributed by atoms with Crippen LogP contribution in [0.1, 0.15) is 61.9 Å². The van der Waals surface area contributed by atoms with Crippen LogP contribution in [0, 0.1) is 18.3 Å². The Kier molecular flexibility index (Phi) is 3.17. The highest BCUT2D eigenvalue weighted by molar-refractivity contribution is 6.12. The van der Waals surface area contributed by atoms with Gasteiger partial charge < -0.3 is 0 Å². The van der Waals surface area contributed by atoms with Gasteiger partial charge in [0.1, 0.15) is 5.78 Å². The van der Waals surface area contributed by atoms with E-state index in [1.807, 2.05) is 0 Å². The number of carbonyl (C=O) groups is 1. The molecule has 26 heavy (non-hydrogen) atoms. The standard InChI is InChI=1S/C22H25N3O/c1-13-18-20(25-24-13)23-16-11-21(2,3)12-17(26)19(16)22(18)10-6-8-14-7-4-5-9-15(14)22/h4-5,7,9,19H,6,8,10-12H2,1-3H3,(H,24,25). The van der Waals surface area contributed by atoms with E-state index in [-0.39, 0.29) is 16.7 Å². The SMILES string of the molecule is Cc1[nH]nc2c1C1(CCCc3ccccc31)C1C(=O)CC(C)(C)CC1=N2. The smallest absolute Gasteiger partial charge is 0.177 e. The van der Waals surface area contributed by atoms with Crippen molar-refractivity contribution in [3.05, 3.63) is 46.6 Å². The molecule has 0 radical (unpaired) electrons. The van der Waals surface area contributed by atoms with Crippen molar-refractivity contribution in [1.29, 1.82) is 0 Å². The van der Waals surface area contributed by atoms with Gasteiger partial charge in [0.25, 0.3) is 0 Å². The van der Waals surface area contributed by atoms with Gasteiger partial charge in [-0.25, -0.2) is 4.99 Å². The molecule has 2 atom stereocenters. The molecule has 1 N–H and O–H groups in total. The molecule has 1 aromatic carbocycles. The number of aryl methyl sites for hydroxylation is 2. The van der Waals surface area contributed by atoms with Crippen molar-refractivity contribution in [2.75, 3.05) is 0 Å². The first kappa shape index (κ1) is 16.0. The Bertz CT molecular complexity index is 952. The summed E-state index contributed by atoms with van der Waals surface area (Å²) in [5, 5.41) is 7.68. The second-order valence-electron chi connectivity index (χ2n) is 9.05. The normalized spacial score (nSPS) is 29.0. The molecule has 2 unspecified atom stereocenters. The van der Waals surface area contributed by atoms with E-state index in [0.717, 1.165) is 48.5 Å². The zero-order chi connectivity index (χ0) is 18.1. The van der Waals surface area contributed by atoms with E-state index in [0.29, 0.717) is 12.2 Å². The minimum Gasteiger partial charge on any atom is -0.299 e. The number of hydrogen-bond donors (Lipinski definition) is 1. The van der Waals surface area contributed by atoms with Gasteiger partial charge in [-0.3, -0.25) is 9.89 Å². The van der Waals surface area contributed by atoms with Gasteiger partial charge in [0.2, 0.25) is 0 Å². The molecule has 4 heteroatoms. The molecule has 2 heterocycles. The van der Waals surface area contributed by atoms with Crippen molar-refractivity contribution in [3.63, 3.8) is 0 Å². The van der Waals surface area contributed by atoms with Crippen LogP contribution in [-0.4, -0.2) is 21.7 Å². The average Bonchev–Trinajstić information content (AvgIpc) is 2.95. The van der Waals surface area contributed by atoms with Crippen molar-refractivity contribution < 1.29 is 4.79 Å². The maximum atomic E-state index is 13.5. The van der Waals surface area contributed by atoms with Crippen molar-refractivity contribution in [1.82, 2.24) is 10.2 Å². The largest absolute Gasteiger partial charge is 0.299 e. The van der Waals surface area contributed by atoms with Crippen LogP contribution in [0.25, 0.3) is 0 Å². The number of aromatic amines is 1.